The Morgan fingerprint density at radius 3 is 2.36 bits per heavy atom. The molecule has 0 heterocycles. The summed E-state index contributed by atoms with van der Waals surface area (Å²) < 4.78 is 0. The van der Waals surface area contributed by atoms with Gasteiger partial charge in [-0.05, 0) is 5.54 Å². The maximum Gasteiger partial charge on any atom is 0.0479 e. The summed E-state index contributed by atoms with van der Waals surface area (Å²) >= 11 is 0. The van der Waals surface area contributed by atoms with E-state index in [1.165, 1.54) is 31.2 Å². The summed E-state index contributed by atoms with van der Waals surface area (Å²) in [7, 11) is 0.0588. The van der Waals surface area contributed by atoms with Crippen LogP contribution < -0.4 is 0 Å². The standard InChI is InChI=1S/C10H21Si/c1-3-9-11(2)10-7-5-4-6-8-10/h10H,3-9H2,1-2H3. The minimum Gasteiger partial charge on any atom is -0.0709 e. The van der Waals surface area contributed by atoms with E-state index in [4.69, 9.17) is 0 Å². The van der Waals surface area contributed by atoms with Crippen LogP contribution in [0.5, 0.6) is 0 Å². The summed E-state index contributed by atoms with van der Waals surface area (Å²) in [6.45, 7) is 4.88. The second kappa shape index (κ2) is 4.97. The summed E-state index contributed by atoms with van der Waals surface area (Å²) in [5, 5.41) is 0. The lowest BCUT2D eigenvalue weighted by Crippen LogP contribution is -2.18. The van der Waals surface area contributed by atoms with E-state index in [2.05, 4.69) is 13.5 Å². The zero-order chi connectivity index (χ0) is 8.10. The van der Waals surface area contributed by atoms with Gasteiger partial charge in [0.15, 0.2) is 0 Å². The highest BCUT2D eigenvalue weighted by Gasteiger charge is 2.19. The first-order valence-corrected chi connectivity index (χ1v) is 7.45. The lowest BCUT2D eigenvalue weighted by atomic mass is 10.0. The van der Waals surface area contributed by atoms with Crippen LogP contribution in [-0.4, -0.2) is 8.80 Å². The van der Waals surface area contributed by atoms with Crippen molar-refractivity contribution in [1.29, 1.82) is 0 Å². The van der Waals surface area contributed by atoms with Gasteiger partial charge in [0.2, 0.25) is 0 Å². The van der Waals surface area contributed by atoms with Crippen molar-refractivity contribution >= 4 is 8.80 Å². The molecule has 1 fully saturated rings. The number of rotatable bonds is 3. The highest BCUT2D eigenvalue weighted by molar-refractivity contribution is 6.58. The van der Waals surface area contributed by atoms with Crippen molar-refractivity contribution in [1.82, 2.24) is 0 Å². The molecule has 0 aromatic heterocycles. The minimum absolute atomic E-state index is 0.0588. The molecule has 0 unspecified atom stereocenters. The largest absolute Gasteiger partial charge is 0.0709 e. The molecule has 0 aromatic carbocycles. The van der Waals surface area contributed by atoms with E-state index in [9.17, 15) is 0 Å². The van der Waals surface area contributed by atoms with Crippen molar-refractivity contribution in [3.63, 3.8) is 0 Å². The van der Waals surface area contributed by atoms with E-state index in [1.807, 2.05) is 0 Å². The summed E-state index contributed by atoms with van der Waals surface area (Å²) in [5.41, 5.74) is 1.17. The third-order valence-corrected chi connectivity index (χ3v) is 6.21. The van der Waals surface area contributed by atoms with E-state index >= 15 is 0 Å². The fourth-order valence-electron chi connectivity index (χ4n) is 2.19. The Labute approximate surface area is 73.0 Å². The maximum atomic E-state index is 2.55. The summed E-state index contributed by atoms with van der Waals surface area (Å²) in [6, 6.07) is 1.55. The van der Waals surface area contributed by atoms with Crippen molar-refractivity contribution in [3.8, 4) is 0 Å². The van der Waals surface area contributed by atoms with Gasteiger partial charge in [0.1, 0.15) is 0 Å². The molecule has 1 heteroatoms. The molecule has 0 atom stereocenters. The molecule has 0 amide bonds. The van der Waals surface area contributed by atoms with Gasteiger partial charge in [0, 0.05) is 8.80 Å². The van der Waals surface area contributed by atoms with Gasteiger partial charge in [-0.25, -0.2) is 0 Å². The van der Waals surface area contributed by atoms with Crippen LogP contribution >= 0.6 is 0 Å². The van der Waals surface area contributed by atoms with Crippen molar-refractivity contribution in [2.45, 2.75) is 63.6 Å². The van der Waals surface area contributed by atoms with Crippen molar-refractivity contribution in [2.75, 3.05) is 0 Å². The van der Waals surface area contributed by atoms with Crippen LogP contribution in [0.3, 0.4) is 0 Å². The Morgan fingerprint density at radius 1 is 1.18 bits per heavy atom. The summed E-state index contributed by atoms with van der Waals surface area (Å²) in [4.78, 5) is 0. The smallest absolute Gasteiger partial charge is 0.0479 e. The van der Waals surface area contributed by atoms with Crippen LogP contribution in [0.25, 0.3) is 0 Å². The molecule has 0 aliphatic heterocycles. The van der Waals surface area contributed by atoms with Gasteiger partial charge in [-0.2, -0.15) is 0 Å². The molecular weight excluding hydrogens is 148 g/mol. The molecule has 11 heavy (non-hydrogen) atoms. The first kappa shape index (κ1) is 9.31. The van der Waals surface area contributed by atoms with Crippen LogP contribution in [-0.2, 0) is 0 Å². The van der Waals surface area contributed by atoms with Gasteiger partial charge in [-0.15, -0.1) is 0 Å². The quantitative estimate of drug-likeness (QED) is 0.563. The SMILES string of the molecule is CCC[Si](C)C1CCCCC1. The summed E-state index contributed by atoms with van der Waals surface area (Å²) in [6.07, 6.45) is 9.10. The normalized spacial score (nSPS) is 21.0. The molecular formula is C10H21Si. The van der Waals surface area contributed by atoms with Gasteiger partial charge in [0.25, 0.3) is 0 Å². The molecule has 0 N–H and O–H groups in total. The number of hydrogen-bond acceptors (Lipinski definition) is 0. The monoisotopic (exact) mass is 169 g/mol. The Bertz CT molecular complexity index is 95.0. The molecule has 1 rings (SSSR count). The molecule has 0 spiro atoms. The number of hydrogen-bond donors (Lipinski definition) is 0. The maximum absolute atomic E-state index is 2.55. The Morgan fingerprint density at radius 2 is 1.82 bits per heavy atom. The van der Waals surface area contributed by atoms with Gasteiger partial charge in [-0.1, -0.05) is 58.0 Å². The Balaban J connectivity index is 2.21. The minimum atomic E-state index is 0.0588. The van der Waals surface area contributed by atoms with Gasteiger partial charge >= 0.3 is 0 Å². The lowest BCUT2D eigenvalue weighted by Gasteiger charge is -2.26. The first-order chi connectivity index (χ1) is 5.34. The topological polar surface area (TPSA) is 0 Å². The lowest BCUT2D eigenvalue weighted by molar-refractivity contribution is 0.495. The third kappa shape index (κ3) is 2.98. The Kier molecular flexibility index (Phi) is 4.20. The van der Waals surface area contributed by atoms with Crippen LogP contribution in [0.4, 0.5) is 0 Å². The summed E-state index contributed by atoms with van der Waals surface area (Å²) in [5.74, 6) is 0. The molecule has 65 valence electrons. The predicted molar refractivity (Wildman–Crippen MR) is 53.6 cm³/mol. The zero-order valence-corrected chi connectivity index (χ0v) is 9.03. The molecule has 0 bridgehead atoms. The molecule has 0 aromatic rings. The average molecular weight is 169 g/mol. The molecule has 0 nitrogen and oxygen atoms in total. The molecule has 1 radical (unpaired) electrons. The van der Waals surface area contributed by atoms with Gasteiger partial charge < -0.3 is 0 Å². The predicted octanol–water partition coefficient (Wildman–Crippen LogP) is 3.86. The van der Waals surface area contributed by atoms with E-state index in [-0.39, 0.29) is 8.80 Å². The third-order valence-electron chi connectivity index (χ3n) is 2.95. The van der Waals surface area contributed by atoms with Gasteiger partial charge in [-0.3, -0.25) is 0 Å². The molecule has 1 aliphatic rings. The highest BCUT2D eigenvalue weighted by atomic mass is 28.3. The van der Waals surface area contributed by atoms with E-state index in [1.54, 1.807) is 18.9 Å². The zero-order valence-electron chi connectivity index (χ0n) is 8.03. The fourth-order valence-corrected chi connectivity index (χ4v) is 4.78. The fraction of sp³-hybridized carbons (Fsp3) is 1.00. The van der Waals surface area contributed by atoms with Gasteiger partial charge in [0.05, 0.1) is 0 Å². The van der Waals surface area contributed by atoms with Crippen LogP contribution in [0.1, 0.15) is 45.4 Å². The highest BCUT2D eigenvalue weighted by Crippen LogP contribution is 2.32. The van der Waals surface area contributed by atoms with Crippen molar-refractivity contribution < 1.29 is 0 Å². The first-order valence-electron chi connectivity index (χ1n) is 5.17. The molecule has 1 aliphatic carbocycles. The Hall–Kier alpha value is 0.217. The second-order valence-electron chi connectivity index (χ2n) is 3.93. The van der Waals surface area contributed by atoms with E-state index < -0.39 is 0 Å². The molecule has 0 saturated heterocycles. The average Bonchev–Trinajstić information content (AvgIpc) is 2.07. The molecule has 1 saturated carbocycles. The van der Waals surface area contributed by atoms with Crippen LogP contribution in [0, 0.1) is 0 Å². The van der Waals surface area contributed by atoms with Crippen LogP contribution in [0.2, 0.25) is 18.1 Å². The van der Waals surface area contributed by atoms with E-state index in [0.29, 0.717) is 0 Å². The van der Waals surface area contributed by atoms with Crippen molar-refractivity contribution in [3.05, 3.63) is 0 Å². The second-order valence-corrected chi connectivity index (χ2v) is 6.94. The van der Waals surface area contributed by atoms with Crippen LogP contribution in [0.15, 0.2) is 0 Å². The van der Waals surface area contributed by atoms with E-state index in [0.717, 1.165) is 0 Å². The van der Waals surface area contributed by atoms with Crippen molar-refractivity contribution in [2.24, 2.45) is 0 Å².